The number of aromatic amines is 1. The lowest BCUT2D eigenvalue weighted by molar-refractivity contribution is 0.102. The Morgan fingerprint density at radius 2 is 1.67 bits per heavy atom. The third kappa shape index (κ3) is 3.49. The molecule has 27 heavy (non-hydrogen) atoms. The molecule has 1 heterocycles. The second-order valence-corrected chi connectivity index (χ2v) is 6.91. The van der Waals surface area contributed by atoms with Gasteiger partial charge < -0.3 is 10.3 Å². The maximum Gasteiger partial charge on any atom is 0.255 e. The van der Waals surface area contributed by atoms with E-state index in [0.29, 0.717) is 5.56 Å². The molecule has 3 aromatic carbocycles. The van der Waals surface area contributed by atoms with Gasteiger partial charge in [-0.15, -0.1) is 0 Å². The Labute approximate surface area is 159 Å². The minimum Gasteiger partial charge on any atom is -0.358 e. The quantitative estimate of drug-likeness (QED) is 0.490. The van der Waals surface area contributed by atoms with Gasteiger partial charge in [-0.05, 0) is 61.2 Å². The fourth-order valence-corrected chi connectivity index (χ4v) is 3.41. The normalized spacial score (nSPS) is 10.9. The third-order valence-corrected chi connectivity index (χ3v) is 5.07. The van der Waals surface area contributed by atoms with E-state index in [9.17, 15) is 4.79 Å². The summed E-state index contributed by atoms with van der Waals surface area (Å²) < 4.78 is 0. The average Bonchev–Trinajstić information content (AvgIpc) is 2.97. The molecule has 2 N–H and O–H groups in total. The van der Waals surface area contributed by atoms with Crippen LogP contribution in [0.25, 0.3) is 10.9 Å². The van der Waals surface area contributed by atoms with Crippen molar-refractivity contribution in [2.24, 2.45) is 0 Å². The second-order valence-electron chi connectivity index (χ2n) is 6.91. The molecule has 0 saturated heterocycles. The number of anilines is 1. The van der Waals surface area contributed by atoms with Crippen LogP contribution < -0.4 is 5.32 Å². The van der Waals surface area contributed by atoms with E-state index in [-0.39, 0.29) is 5.91 Å². The predicted molar refractivity (Wildman–Crippen MR) is 111 cm³/mol. The fourth-order valence-electron chi connectivity index (χ4n) is 3.41. The van der Waals surface area contributed by atoms with Crippen LogP contribution in [-0.4, -0.2) is 10.9 Å². The minimum absolute atomic E-state index is 0.0873. The number of carbonyl (C=O) groups is 1. The number of aryl methyl sites for hydroxylation is 2. The number of hydrogen-bond donors (Lipinski definition) is 2. The number of rotatable bonds is 4. The molecule has 0 bridgehead atoms. The Kier molecular flexibility index (Phi) is 4.51. The summed E-state index contributed by atoms with van der Waals surface area (Å²) in [6, 6.07) is 24.1. The van der Waals surface area contributed by atoms with E-state index < -0.39 is 0 Å². The highest BCUT2D eigenvalue weighted by molar-refractivity contribution is 6.07. The molecule has 0 fully saturated rings. The number of nitrogens with one attached hydrogen (secondary N) is 2. The van der Waals surface area contributed by atoms with Gasteiger partial charge in [-0.1, -0.05) is 48.5 Å². The molecule has 0 spiro atoms. The number of carbonyl (C=O) groups excluding carboxylic acids is 1. The van der Waals surface area contributed by atoms with Crippen LogP contribution in [0.3, 0.4) is 0 Å². The van der Waals surface area contributed by atoms with Gasteiger partial charge in [-0.3, -0.25) is 4.79 Å². The van der Waals surface area contributed by atoms with Crippen molar-refractivity contribution in [1.82, 2.24) is 4.98 Å². The lowest BCUT2D eigenvalue weighted by Gasteiger charge is -2.11. The number of hydrogen-bond acceptors (Lipinski definition) is 1. The third-order valence-electron chi connectivity index (χ3n) is 5.07. The molecule has 0 unspecified atom stereocenters. The average molecular weight is 354 g/mol. The standard InChI is InChI=1S/C24H22N2O/c1-16-17(2)25-23-13-12-20(15-21(16)23)24(27)26-22-11-7-6-10-19(22)14-18-8-4-3-5-9-18/h3-13,15,25H,14H2,1-2H3,(H,26,27). The summed E-state index contributed by atoms with van der Waals surface area (Å²) in [5.41, 5.74) is 7.23. The Bertz CT molecular complexity index is 1110. The van der Waals surface area contributed by atoms with Crippen LogP contribution in [-0.2, 0) is 6.42 Å². The molecule has 134 valence electrons. The molecule has 0 atom stereocenters. The Morgan fingerprint density at radius 1 is 0.926 bits per heavy atom. The molecule has 1 aromatic heterocycles. The highest BCUT2D eigenvalue weighted by atomic mass is 16.1. The van der Waals surface area contributed by atoms with Crippen molar-refractivity contribution in [3.05, 3.63) is 101 Å². The SMILES string of the molecule is Cc1[nH]c2ccc(C(=O)Nc3ccccc3Cc3ccccc3)cc2c1C. The summed E-state index contributed by atoms with van der Waals surface area (Å²) >= 11 is 0. The van der Waals surface area contributed by atoms with Gasteiger partial charge in [0.2, 0.25) is 0 Å². The van der Waals surface area contributed by atoms with Crippen molar-refractivity contribution < 1.29 is 4.79 Å². The Hall–Kier alpha value is -3.33. The summed E-state index contributed by atoms with van der Waals surface area (Å²) in [7, 11) is 0. The molecule has 3 nitrogen and oxygen atoms in total. The molecule has 4 rings (SSSR count). The highest BCUT2D eigenvalue weighted by Crippen LogP contribution is 2.24. The van der Waals surface area contributed by atoms with E-state index in [0.717, 1.165) is 34.3 Å². The fraction of sp³-hybridized carbons (Fsp3) is 0.125. The van der Waals surface area contributed by atoms with Gasteiger partial charge in [0.05, 0.1) is 0 Å². The van der Waals surface area contributed by atoms with Gasteiger partial charge in [0.15, 0.2) is 0 Å². The van der Waals surface area contributed by atoms with E-state index in [1.54, 1.807) is 0 Å². The zero-order valence-corrected chi connectivity index (χ0v) is 15.5. The monoisotopic (exact) mass is 354 g/mol. The summed E-state index contributed by atoms with van der Waals surface area (Å²) in [6.07, 6.45) is 0.784. The Morgan fingerprint density at radius 3 is 2.48 bits per heavy atom. The highest BCUT2D eigenvalue weighted by Gasteiger charge is 2.12. The first-order valence-electron chi connectivity index (χ1n) is 9.14. The van der Waals surface area contributed by atoms with E-state index in [1.165, 1.54) is 11.1 Å². The van der Waals surface area contributed by atoms with Crippen molar-refractivity contribution in [2.75, 3.05) is 5.32 Å². The largest absolute Gasteiger partial charge is 0.358 e. The van der Waals surface area contributed by atoms with Crippen molar-refractivity contribution in [3.8, 4) is 0 Å². The molecular formula is C24H22N2O. The van der Waals surface area contributed by atoms with Gasteiger partial charge >= 0.3 is 0 Å². The summed E-state index contributed by atoms with van der Waals surface area (Å²) in [5.74, 6) is -0.0873. The van der Waals surface area contributed by atoms with E-state index in [4.69, 9.17) is 0 Å². The van der Waals surface area contributed by atoms with Crippen molar-refractivity contribution in [1.29, 1.82) is 0 Å². The van der Waals surface area contributed by atoms with Crippen LogP contribution in [0.4, 0.5) is 5.69 Å². The molecule has 0 aliphatic carbocycles. The van der Waals surface area contributed by atoms with Gasteiger partial charge in [0.1, 0.15) is 0 Å². The maximum atomic E-state index is 12.9. The molecular weight excluding hydrogens is 332 g/mol. The number of para-hydroxylation sites is 1. The van der Waals surface area contributed by atoms with Gasteiger partial charge in [-0.25, -0.2) is 0 Å². The van der Waals surface area contributed by atoms with Crippen LogP contribution in [0.2, 0.25) is 0 Å². The van der Waals surface area contributed by atoms with Gasteiger partial charge in [0.25, 0.3) is 5.91 Å². The number of fused-ring (bicyclic) bond motifs is 1. The molecule has 0 saturated carbocycles. The smallest absolute Gasteiger partial charge is 0.255 e. The van der Waals surface area contributed by atoms with Crippen LogP contribution in [0.5, 0.6) is 0 Å². The lowest BCUT2D eigenvalue weighted by atomic mass is 10.0. The summed E-state index contributed by atoms with van der Waals surface area (Å²) in [6.45, 7) is 4.12. The topological polar surface area (TPSA) is 44.9 Å². The summed E-state index contributed by atoms with van der Waals surface area (Å²) in [5, 5.41) is 4.18. The van der Waals surface area contributed by atoms with Crippen LogP contribution >= 0.6 is 0 Å². The van der Waals surface area contributed by atoms with Crippen LogP contribution in [0.15, 0.2) is 72.8 Å². The molecule has 0 aliphatic heterocycles. The van der Waals surface area contributed by atoms with Crippen molar-refractivity contribution >= 4 is 22.5 Å². The first kappa shape index (κ1) is 17.1. The number of amides is 1. The van der Waals surface area contributed by atoms with E-state index >= 15 is 0 Å². The van der Waals surface area contributed by atoms with Crippen molar-refractivity contribution in [3.63, 3.8) is 0 Å². The predicted octanol–water partition coefficient (Wildman–Crippen LogP) is 5.63. The Balaban J connectivity index is 1.61. The number of benzene rings is 3. The van der Waals surface area contributed by atoms with E-state index in [1.807, 2.05) is 54.6 Å². The second kappa shape index (κ2) is 7.12. The first-order valence-corrected chi connectivity index (χ1v) is 9.14. The van der Waals surface area contributed by atoms with Gasteiger partial charge in [0, 0.05) is 27.8 Å². The van der Waals surface area contributed by atoms with Crippen LogP contribution in [0, 0.1) is 13.8 Å². The minimum atomic E-state index is -0.0873. The van der Waals surface area contributed by atoms with Crippen LogP contribution in [0.1, 0.15) is 32.7 Å². The number of aromatic nitrogens is 1. The molecule has 3 heteroatoms. The molecule has 4 aromatic rings. The molecule has 0 radical (unpaired) electrons. The zero-order chi connectivity index (χ0) is 18.8. The molecule has 0 aliphatic rings. The zero-order valence-electron chi connectivity index (χ0n) is 15.5. The first-order chi connectivity index (χ1) is 13.1. The van der Waals surface area contributed by atoms with E-state index in [2.05, 4.69) is 42.3 Å². The summed E-state index contributed by atoms with van der Waals surface area (Å²) in [4.78, 5) is 16.2. The van der Waals surface area contributed by atoms with Gasteiger partial charge in [-0.2, -0.15) is 0 Å². The number of H-pyrrole nitrogens is 1. The lowest BCUT2D eigenvalue weighted by Crippen LogP contribution is -2.13. The maximum absolute atomic E-state index is 12.9. The van der Waals surface area contributed by atoms with Crippen molar-refractivity contribution in [2.45, 2.75) is 20.3 Å². The molecule has 1 amide bonds.